The summed E-state index contributed by atoms with van der Waals surface area (Å²) >= 11 is 1.66. The highest BCUT2D eigenvalue weighted by Crippen LogP contribution is 2.20. The monoisotopic (exact) mass is 485 g/mol. The molecule has 0 aliphatic heterocycles. The molecule has 0 unspecified atom stereocenters. The Labute approximate surface area is 215 Å². The highest BCUT2D eigenvalue weighted by atomic mass is 32.1. The number of benzene rings is 2. The van der Waals surface area contributed by atoms with Gasteiger partial charge in [-0.15, -0.1) is 11.3 Å². The molecule has 3 nitrogen and oxygen atoms in total. The van der Waals surface area contributed by atoms with Crippen molar-refractivity contribution in [3.63, 3.8) is 0 Å². The third kappa shape index (κ3) is 18.8. The van der Waals surface area contributed by atoms with Crippen LogP contribution in [0.15, 0.2) is 90.7 Å². The van der Waals surface area contributed by atoms with E-state index in [0.29, 0.717) is 0 Å². The van der Waals surface area contributed by atoms with E-state index in [1.807, 2.05) is 160 Å². The average molecular weight is 486 g/mol. The minimum absolute atomic E-state index is 1.09. The van der Waals surface area contributed by atoms with E-state index in [1.54, 1.807) is 17.5 Å². The van der Waals surface area contributed by atoms with Crippen LogP contribution < -0.4 is 0 Å². The summed E-state index contributed by atoms with van der Waals surface area (Å²) in [7, 11) is 0. The molecule has 2 aromatic carbocycles. The van der Waals surface area contributed by atoms with Crippen LogP contribution in [0.1, 0.15) is 83.1 Å². The summed E-state index contributed by atoms with van der Waals surface area (Å²) in [6.45, 7) is 24.0. The lowest BCUT2D eigenvalue weighted by Gasteiger charge is -1.97. The van der Waals surface area contributed by atoms with Crippen molar-refractivity contribution in [1.29, 1.82) is 0 Å². The Balaban J connectivity index is -0.000000185. The topological polar surface area (TPSA) is 30.7 Å². The van der Waals surface area contributed by atoms with Gasteiger partial charge in [0.15, 0.2) is 0 Å². The van der Waals surface area contributed by atoms with Crippen LogP contribution >= 0.6 is 11.3 Å². The highest BCUT2D eigenvalue weighted by molar-refractivity contribution is 7.13. The smallest absolute Gasteiger partial charge is 0.123 e. The second-order valence-corrected chi connectivity index (χ2v) is 5.38. The summed E-state index contributed by atoms with van der Waals surface area (Å²) in [6.07, 6.45) is 5.52. The minimum Gasteiger partial charge on any atom is -0.245 e. The molecule has 0 bridgehead atoms. The summed E-state index contributed by atoms with van der Waals surface area (Å²) in [5.41, 5.74) is 2.29. The maximum absolute atomic E-state index is 4.20. The van der Waals surface area contributed by atoms with Crippen molar-refractivity contribution < 1.29 is 0 Å². The molecule has 0 fully saturated rings. The number of nitrogens with zero attached hydrogens (tertiary/aromatic N) is 3. The van der Waals surface area contributed by atoms with Crippen LogP contribution in [0.5, 0.6) is 0 Å². The molecule has 0 amide bonds. The maximum Gasteiger partial charge on any atom is 0.123 e. The van der Waals surface area contributed by atoms with Gasteiger partial charge in [-0.05, 0) is 18.2 Å². The summed E-state index contributed by atoms with van der Waals surface area (Å²) in [4.78, 5) is 4.20. The van der Waals surface area contributed by atoms with E-state index in [-0.39, 0.29) is 0 Å². The largest absolute Gasteiger partial charge is 0.245 e. The fraction of sp³-hybridized carbons (Fsp3) is 0.400. The molecule has 192 valence electrons. The highest BCUT2D eigenvalue weighted by Gasteiger charge is 1.96. The van der Waals surface area contributed by atoms with Crippen LogP contribution in [0.25, 0.3) is 16.3 Å². The van der Waals surface area contributed by atoms with Gasteiger partial charge in [0.2, 0.25) is 0 Å². The third-order valence-corrected chi connectivity index (χ3v) is 3.80. The first kappa shape index (κ1) is 38.5. The van der Waals surface area contributed by atoms with Crippen molar-refractivity contribution in [3.05, 3.63) is 90.7 Å². The summed E-state index contributed by atoms with van der Waals surface area (Å²) < 4.78 is 1.83. The van der Waals surface area contributed by atoms with Crippen LogP contribution in [-0.2, 0) is 0 Å². The van der Waals surface area contributed by atoms with Gasteiger partial charge in [0.25, 0.3) is 0 Å². The van der Waals surface area contributed by atoms with Gasteiger partial charge in [0.1, 0.15) is 5.01 Å². The Morgan fingerprint density at radius 1 is 0.559 bits per heavy atom. The lowest BCUT2D eigenvalue weighted by atomic mass is 10.2. The molecule has 2 aromatic heterocycles. The maximum atomic E-state index is 4.20. The van der Waals surface area contributed by atoms with Gasteiger partial charge >= 0.3 is 0 Å². The van der Waals surface area contributed by atoms with Crippen molar-refractivity contribution in [1.82, 2.24) is 14.8 Å². The summed E-state index contributed by atoms with van der Waals surface area (Å²) in [6, 6.07) is 22.1. The normalized spacial score (nSPS) is 7.41. The van der Waals surface area contributed by atoms with E-state index < -0.39 is 0 Å². The zero-order valence-electron chi connectivity index (χ0n) is 23.9. The first-order valence-corrected chi connectivity index (χ1v) is 13.8. The van der Waals surface area contributed by atoms with Gasteiger partial charge in [-0.1, -0.05) is 132 Å². The Hall–Kier alpha value is -2.72. The van der Waals surface area contributed by atoms with Gasteiger partial charge in [-0.3, -0.25) is 0 Å². The zero-order chi connectivity index (χ0) is 27.0. The molecule has 0 spiro atoms. The van der Waals surface area contributed by atoms with E-state index in [2.05, 4.69) is 22.2 Å². The summed E-state index contributed by atoms with van der Waals surface area (Å²) in [5.74, 6) is 0. The van der Waals surface area contributed by atoms with Crippen LogP contribution in [-0.4, -0.2) is 14.8 Å². The molecule has 4 rings (SSSR count). The molecule has 0 N–H and O–H groups in total. The predicted octanol–water partition coefficient (Wildman–Crippen LogP) is 10.8. The molecular formula is C30H51N3S. The molecule has 4 heteroatoms. The van der Waals surface area contributed by atoms with E-state index in [4.69, 9.17) is 0 Å². The van der Waals surface area contributed by atoms with Crippen molar-refractivity contribution >= 4 is 11.3 Å². The van der Waals surface area contributed by atoms with E-state index >= 15 is 0 Å². The number of rotatable bonds is 2. The first-order chi connectivity index (χ1) is 16.9. The molecule has 0 aliphatic rings. The molecule has 0 saturated carbocycles. The number of thiazole rings is 1. The Morgan fingerprint density at radius 3 is 1.41 bits per heavy atom. The fourth-order valence-corrected chi connectivity index (χ4v) is 2.59. The van der Waals surface area contributed by atoms with Crippen molar-refractivity contribution in [2.24, 2.45) is 0 Å². The zero-order valence-corrected chi connectivity index (χ0v) is 24.7. The van der Waals surface area contributed by atoms with Gasteiger partial charge in [-0.25, -0.2) is 9.67 Å². The van der Waals surface area contributed by atoms with E-state index in [9.17, 15) is 0 Å². The molecule has 0 saturated heterocycles. The molecule has 4 aromatic rings. The SMILES string of the molecule is CC.CC.CC.CC.CC.CC.c1ccc(-c2nccs2)cc1.c1ccc(-n2cccn2)cc1. The van der Waals surface area contributed by atoms with Crippen LogP contribution in [0.3, 0.4) is 0 Å². The quantitative estimate of drug-likeness (QED) is 0.282. The van der Waals surface area contributed by atoms with Crippen LogP contribution in [0, 0.1) is 0 Å². The van der Waals surface area contributed by atoms with E-state index in [0.717, 1.165) is 10.7 Å². The molecule has 2 heterocycles. The lowest BCUT2D eigenvalue weighted by Crippen LogP contribution is -1.91. The fourth-order valence-electron chi connectivity index (χ4n) is 1.95. The van der Waals surface area contributed by atoms with Gasteiger partial charge in [0.05, 0.1) is 5.69 Å². The number of hydrogen-bond acceptors (Lipinski definition) is 3. The number of hydrogen-bond donors (Lipinski definition) is 0. The number of para-hydroxylation sites is 1. The second-order valence-electron chi connectivity index (χ2n) is 4.49. The van der Waals surface area contributed by atoms with Crippen molar-refractivity contribution in [2.45, 2.75) is 83.1 Å². The van der Waals surface area contributed by atoms with Crippen LogP contribution in [0.4, 0.5) is 0 Å². The third-order valence-electron chi connectivity index (χ3n) is 2.98. The molecule has 0 radical (unpaired) electrons. The van der Waals surface area contributed by atoms with Crippen molar-refractivity contribution in [3.8, 4) is 16.3 Å². The molecule has 0 aliphatic carbocycles. The molecular weight excluding hydrogens is 434 g/mol. The Kier molecular flexibility index (Phi) is 39.5. The molecule has 34 heavy (non-hydrogen) atoms. The lowest BCUT2D eigenvalue weighted by molar-refractivity contribution is 0.880. The Morgan fingerprint density at radius 2 is 1.03 bits per heavy atom. The predicted molar refractivity (Wildman–Crippen MR) is 159 cm³/mol. The first-order valence-electron chi connectivity index (χ1n) is 12.9. The van der Waals surface area contributed by atoms with E-state index in [1.165, 1.54) is 5.56 Å². The molecule has 0 atom stereocenters. The summed E-state index contributed by atoms with van der Waals surface area (Å²) in [5, 5.41) is 7.18. The second kappa shape index (κ2) is 34.9. The minimum atomic E-state index is 1.09. The Bertz CT molecular complexity index is 697. The van der Waals surface area contributed by atoms with Gasteiger partial charge < -0.3 is 0 Å². The van der Waals surface area contributed by atoms with Crippen LogP contribution in [0.2, 0.25) is 0 Å². The van der Waals surface area contributed by atoms with Gasteiger partial charge in [-0.2, -0.15) is 5.10 Å². The number of aromatic nitrogens is 3. The standard InChI is InChI=1S/C9H8N2.C9H7NS.6C2H6/c1-2-5-9(6-3-1)11-8-4-7-10-11;1-2-4-8(5-3-1)9-10-6-7-11-9;6*1-2/h1-8H;1-7H;6*1-2H3. The average Bonchev–Trinajstić information content (AvgIpc) is 3.72. The van der Waals surface area contributed by atoms with Crippen molar-refractivity contribution in [2.75, 3.05) is 0 Å². The van der Waals surface area contributed by atoms with Gasteiger partial charge in [0, 0.05) is 29.5 Å².